The fraction of sp³-hybridized carbons (Fsp3) is 0.714. The van der Waals surface area contributed by atoms with Gasteiger partial charge in [-0.2, -0.15) is 5.10 Å². The summed E-state index contributed by atoms with van der Waals surface area (Å²) in [6.07, 6.45) is 0.362. The quantitative estimate of drug-likeness (QED) is 0.790. The zero-order valence-electron chi connectivity index (χ0n) is 13.0. The Balaban J connectivity index is 1.93. The zero-order chi connectivity index (χ0) is 15.6. The molecule has 1 saturated heterocycles. The average molecular weight is 295 g/mol. The van der Waals surface area contributed by atoms with Gasteiger partial charge < -0.3 is 15.7 Å². The van der Waals surface area contributed by atoms with Crippen LogP contribution in [0.4, 0.5) is 5.69 Å². The molecular formula is C14H25N5O2. The first-order chi connectivity index (χ1) is 9.88. The van der Waals surface area contributed by atoms with E-state index in [0.29, 0.717) is 25.3 Å². The molecule has 3 N–H and O–H groups in total. The monoisotopic (exact) mass is 295 g/mol. The van der Waals surface area contributed by atoms with E-state index in [-0.39, 0.29) is 5.91 Å². The number of hydrogen-bond acceptors (Lipinski definition) is 5. The molecule has 1 fully saturated rings. The van der Waals surface area contributed by atoms with Crippen LogP contribution >= 0.6 is 0 Å². The van der Waals surface area contributed by atoms with E-state index in [1.54, 1.807) is 9.58 Å². The van der Waals surface area contributed by atoms with Gasteiger partial charge in [0.2, 0.25) is 5.91 Å². The summed E-state index contributed by atoms with van der Waals surface area (Å²) >= 11 is 0. The van der Waals surface area contributed by atoms with Gasteiger partial charge in [0.1, 0.15) is 0 Å². The topological polar surface area (TPSA) is 87.6 Å². The van der Waals surface area contributed by atoms with E-state index in [9.17, 15) is 9.90 Å². The highest BCUT2D eigenvalue weighted by molar-refractivity contribution is 5.78. The highest BCUT2D eigenvalue weighted by Crippen LogP contribution is 2.15. The van der Waals surface area contributed by atoms with Crippen molar-refractivity contribution in [2.75, 3.05) is 39.0 Å². The Kier molecular flexibility index (Phi) is 4.84. The first kappa shape index (κ1) is 15.8. The molecule has 0 aromatic carbocycles. The second-order valence-electron chi connectivity index (χ2n) is 5.82. The lowest BCUT2D eigenvalue weighted by Gasteiger charge is -2.22. The Morgan fingerprint density at radius 3 is 2.67 bits per heavy atom. The highest BCUT2D eigenvalue weighted by Gasteiger charge is 2.21. The van der Waals surface area contributed by atoms with Gasteiger partial charge in [-0.3, -0.25) is 14.4 Å². The van der Waals surface area contributed by atoms with E-state index in [4.69, 9.17) is 5.73 Å². The summed E-state index contributed by atoms with van der Waals surface area (Å²) in [5, 5.41) is 14.6. The molecule has 1 amide bonds. The number of nitrogen functional groups attached to an aromatic ring is 1. The van der Waals surface area contributed by atoms with Crippen LogP contribution in [0, 0.1) is 13.8 Å². The Hall–Kier alpha value is -1.60. The summed E-state index contributed by atoms with van der Waals surface area (Å²) in [4.78, 5) is 15.6. The van der Waals surface area contributed by atoms with E-state index in [1.807, 2.05) is 25.8 Å². The summed E-state index contributed by atoms with van der Waals surface area (Å²) < 4.78 is 1.74. The summed E-state index contributed by atoms with van der Waals surface area (Å²) in [5.74, 6) is 0.107. The molecular weight excluding hydrogens is 270 g/mol. The van der Waals surface area contributed by atoms with Gasteiger partial charge in [-0.05, 0) is 20.3 Å². The Morgan fingerprint density at radius 2 is 2.05 bits per heavy atom. The van der Waals surface area contributed by atoms with Crippen molar-refractivity contribution < 1.29 is 9.90 Å². The average Bonchev–Trinajstić information content (AvgIpc) is 2.57. The number of amides is 1. The number of aliphatic hydroxyl groups excluding tert-OH is 1. The minimum Gasteiger partial charge on any atom is -0.396 e. The molecule has 0 aliphatic carbocycles. The maximum atomic E-state index is 11.8. The number of hydrogen-bond donors (Lipinski definition) is 2. The van der Waals surface area contributed by atoms with Crippen molar-refractivity contribution in [3.63, 3.8) is 0 Å². The van der Waals surface area contributed by atoms with Crippen LogP contribution in [-0.4, -0.2) is 69.9 Å². The van der Waals surface area contributed by atoms with Crippen molar-refractivity contribution in [3.8, 4) is 0 Å². The number of β-amino-alcohol motifs (C(OH)–C–C–N with tert-alkyl or cyclic N) is 1. The third kappa shape index (κ3) is 3.74. The van der Waals surface area contributed by atoms with Crippen molar-refractivity contribution in [1.29, 1.82) is 0 Å². The zero-order valence-corrected chi connectivity index (χ0v) is 13.0. The van der Waals surface area contributed by atoms with Gasteiger partial charge in [0, 0.05) is 26.7 Å². The summed E-state index contributed by atoms with van der Waals surface area (Å²) in [7, 11) is 1.82. The van der Waals surface area contributed by atoms with Gasteiger partial charge in [0.15, 0.2) is 0 Å². The third-order valence-electron chi connectivity index (χ3n) is 4.04. The molecule has 7 nitrogen and oxygen atoms in total. The molecule has 1 unspecified atom stereocenters. The van der Waals surface area contributed by atoms with E-state index < -0.39 is 6.10 Å². The molecule has 0 bridgehead atoms. The second-order valence-corrected chi connectivity index (χ2v) is 5.82. The minimum atomic E-state index is -0.571. The summed E-state index contributed by atoms with van der Waals surface area (Å²) in [5.41, 5.74) is 8.22. The maximum Gasteiger partial charge on any atom is 0.236 e. The van der Waals surface area contributed by atoms with E-state index in [2.05, 4.69) is 5.10 Å². The molecule has 1 aliphatic heterocycles. The summed E-state index contributed by atoms with van der Waals surface area (Å²) in [6.45, 7) is 6.59. The smallest absolute Gasteiger partial charge is 0.236 e. The van der Waals surface area contributed by atoms with Crippen LogP contribution in [0.3, 0.4) is 0 Å². The van der Waals surface area contributed by atoms with Crippen LogP contribution in [0.1, 0.15) is 17.8 Å². The number of rotatable bonds is 4. The summed E-state index contributed by atoms with van der Waals surface area (Å²) in [6, 6.07) is 0. The molecule has 1 aliphatic rings. The van der Waals surface area contributed by atoms with Gasteiger partial charge in [0.25, 0.3) is 0 Å². The van der Waals surface area contributed by atoms with E-state index in [0.717, 1.165) is 30.9 Å². The predicted molar refractivity (Wildman–Crippen MR) is 80.8 cm³/mol. The standard InChI is InChI=1S/C14H25N5O2/c1-10-14(15)11(2)19(16-10)8-12(20)7-18-6-4-5-17(3)13(21)9-18/h12,20H,4-9,15H2,1-3H3. The first-order valence-electron chi connectivity index (χ1n) is 7.32. The van der Waals surface area contributed by atoms with Crippen LogP contribution in [0.2, 0.25) is 0 Å². The lowest BCUT2D eigenvalue weighted by atomic mass is 10.3. The number of likely N-dealkylation sites (N-methyl/N-ethyl adjacent to an activating group) is 1. The normalized spacial score (nSPS) is 18.9. The van der Waals surface area contributed by atoms with E-state index >= 15 is 0 Å². The number of anilines is 1. The number of nitrogens with zero attached hydrogens (tertiary/aromatic N) is 4. The second kappa shape index (κ2) is 6.44. The molecule has 0 spiro atoms. The number of carbonyl (C=O) groups is 1. The van der Waals surface area contributed by atoms with Gasteiger partial charge >= 0.3 is 0 Å². The third-order valence-corrected chi connectivity index (χ3v) is 4.04. The van der Waals surface area contributed by atoms with Crippen molar-refractivity contribution in [1.82, 2.24) is 19.6 Å². The highest BCUT2D eigenvalue weighted by atomic mass is 16.3. The van der Waals surface area contributed by atoms with Crippen LogP contribution in [0.5, 0.6) is 0 Å². The largest absolute Gasteiger partial charge is 0.396 e. The van der Waals surface area contributed by atoms with E-state index in [1.165, 1.54) is 0 Å². The predicted octanol–water partition coefficient (Wildman–Crippen LogP) is -0.393. The number of aryl methyl sites for hydroxylation is 1. The number of carbonyl (C=O) groups excluding carboxylic acids is 1. The maximum absolute atomic E-state index is 11.8. The van der Waals surface area contributed by atoms with Crippen molar-refractivity contribution >= 4 is 11.6 Å². The Morgan fingerprint density at radius 1 is 1.33 bits per heavy atom. The Labute approximate surface area is 125 Å². The SMILES string of the molecule is Cc1nn(CC(O)CN2CCCN(C)C(=O)C2)c(C)c1N. The molecule has 0 saturated carbocycles. The fourth-order valence-corrected chi connectivity index (χ4v) is 2.65. The van der Waals surface area contributed by atoms with Crippen LogP contribution in [0.15, 0.2) is 0 Å². The molecule has 0 radical (unpaired) electrons. The number of nitrogens with two attached hydrogens (primary N) is 1. The van der Waals surface area contributed by atoms with Crippen LogP contribution in [0.25, 0.3) is 0 Å². The molecule has 2 rings (SSSR count). The van der Waals surface area contributed by atoms with Gasteiger partial charge in [0.05, 0.1) is 36.3 Å². The van der Waals surface area contributed by atoms with Crippen LogP contribution < -0.4 is 5.73 Å². The van der Waals surface area contributed by atoms with Gasteiger partial charge in [-0.1, -0.05) is 0 Å². The van der Waals surface area contributed by atoms with Crippen molar-refractivity contribution in [3.05, 3.63) is 11.4 Å². The molecule has 21 heavy (non-hydrogen) atoms. The van der Waals surface area contributed by atoms with Crippen molar-refractivity contribution in [2.45, 2.75) is 32.9 Å². The van der Waals surface area contributed by atoms with Crippen LogP contribution in [-0.2, 0) is 11.3 Å². The molecule has 1 aromatic heterocycles. The number of aliphatic hydroxyl groups is 1. The lowest BCUT2D eigenvalue weighted by molar-refractivity contribution is -0.130. The molecule has 118 valence electrons. The molecule has 1 atom stereocenters. The molecule has 2 heterocycles. The Bertz CT molecular complexity index is 514. The molecule has 1 aromatic rings. The van der Waals surface area contributed by atoms with Gasteiger partial charge in [-0.25, -0.2) is 0 Å². The van der Waals surface area contributed by atoms with Gasteiger partial charge in [-0.15, -0.1) is 0 Å². The first-order valence-corrected chi connectivity index (χ1v) is 7.32. The molecule has 7 heteroatoms. The lowest BCUT2D eigenvalue weighted by Crippen LogP contribution is -2.39. The fourth-order valence-electron chi connectivity index (χ4n) is 2.65. The number of aromatic nitrogens is 2. The van der Waals surface area contributed by atoms with Crippen molar-refractivity contribution in [2.24, 2.45) is 0 Å². The minimum absolute atomic E-state index is 0.107.